The first-order valence-corrected chi connectivity index (χ1v) is 8.73. The zero-order valence-corrected chi connectivity index (χ0v) is 15.6. The lowest BCUT2D eigenvalue weighted by Crippen LogP contribution is -2.05. The van der Waals surface area contributed by atoms with Gasteiger partial charge in [-0.1, -0.05) is 29.8 Å². The van der Waals surface area contributed by atoms with Crippen LogP contribution in [-0.2, 0) is 13.1 Å². The quantitative estimate of drug-likeness (QED) is 0.515. The third-order valence-corrected chi connectivity index (χ3v) is 3.93. The Labute approximate surface area is 162 Å². The van der Waals surface area contributed by atoms with Gasteiger partial charge in [0.2, 0.25) is 5.95 Å². The Kier molecular flexibility index (Phi) is 6.35. The minimum atomic E-state index is 0.0257. The molecule has 0 aliphatic carbocycles. The molecule has 3 aromatic rings. The van der Waals surface area contributed by atoms with Gasteiger partial charge in [0.05, 0.1) is 31.2 Å². The number of nitrogens with zero attached hydrogens (tertiary/aromatic N) is 5. The van der Waals surface area contributed by atoms with E-state index in [-0.39, 0.29) is 6.61 Å². The fraction of sp³-hybridized carbons (Fsp3) is 0.222. The number of hydrogen-bond acceptors (Lipinski definition) is 7. The Morgan fingerprint density at radius 2 is 2.22 bits per heavy atom. The van der Waals surface area contributed by atoms with Gasteiger partial charge < -0.3 is 15.7 Å². The van der Waals surface area contributed by atoms with E-state index in [0.29, 0.717) is 29.9 Å². The summed E-state index contributed by atoms with van der Waals surface area (Å²) in [6, 6.07) is 8.04. The molecule has 27 heavy (non-hydrogen) atoms. The van der Waals surface area contributed by atoms with E-state index in [0.717, 1.165) is 16.8 Å². The molecular weight excluding hydrogens is 366 g/mol. The van der Waals surface area contributed by atoms with Gasteiger partial charge in [0.15, 0.2) is 5.82 Å². The molecule has 0 radical (unpaired) electrons. The van der Waals surface area contributed by atoms with Gasteiger partial charge in [0, 0.05) is 26.0 Å². The smallest absolute Gasteiger partial charge is 0.229 e. The maximum absolute atomic E-state index is 8.95. The second-order valence-electron chi connectivity index (χ2n) is 5.72. The third kappa shape index (κ3) is 5.25. The second kappa shape index (κ2) is 9.11. The van der Waals surface area contributed by atoms with E-state index in [1.54, 1.807) is 30.3 Å². The van der Waals surface area contributed by atoms with Gasteiger partial charge in [-0.3, -0.25) is 9.67 Å². The van der Waals surface area contributed by atoms with E-state index < -0.39 is 0 Å². The van der Waals surface area contributed by atoms with Crippen LogP contribution in [0.4, 0.5) is 17.5 Å². The molecule has 9 heteroatoms. The topological polar surface area (TPSA) is 100 Å². The minimum absolute atomic E-state index is 0.0257. The third-order valence-electron chi connectivity index (χ3n) is 3.65. The van der Waals surface area contributed by atoms with Crippen LogP contribution in [0.2, 0.25) is 5.02 Å². The SMILES string of the molecule is C/N=C\c1cccc(CNc2nc(Nc3cnn(CCO)c3)ncc2Cl)c1. The Hall–Kier alpha value is -2.97. The first-order valence-electron chi connectivity index (χ1n) is 8.36. The number of aromatic nitrogens is 4. The molecule has 0 aliphatic rings. The van der Waals surface area contributed by atoms with Gasteiger partial charge in [-0.15, -0.1) is 0 Å². The lowest BCUT2D eigenvalue weighted by atomic mass is 10.1. The summed E-state index contributed by atoms with van der Waals surface area (Å²) in [5, 5.41) is 19.8. The molecule has 0 aliphatic heterocycles. The van der Waals surface area contributed by atoms with Crippen molar-refractivity contribution in [3.63, 3.8) is 0 Å². The average Bonchev–Trinajstić information content (AvgIpc) is 3.10. The number of aliphatic hydroxyl groups excluding tert-OH is 1. The van der Waals surface area contributed by atoms with Crippen LogP contribution in [-0.4, -0.2) is 44.7 Å². The summed E-state index contributed by atoms with van der Waals surface area (Å²) in [6.07, 6.45) is 6.75. The van der Waals surface area contributed by atoms with E-state index in [1.165, 1.54) is 6.20 Å². The van der Waals surface area contributed by atoms with Gasteiger partial charge in [0.25, 0.3) is 0 Å². The molecule has 3 N–H and O–H groups in total. The Balaban J connectivity index is 1.68. The summed E-state index contributed by atoms with van der Waals surface area (Å²) < 4.78 is 1.63. The molecule has 0 saturated heterocycles. The van der Waals surface area contributed by atoms with Crippen molar-refractivity contribution in [2.75, 3.05) is 24.3 Å². The molecule has 0 saturated carbocycles. The predicted molar refractivity (Wildman–Crippen MR) is 107 cm³/mol. The van der Waals surface area contributed by atoms with Crippen LogP contribution in [0.3, 0.4) is 0 Å². The first-order chi connectivity index (χ1) is 13.2. The number of rotatable bonds is 8. The van der Waals surface area contributed by atoms with Crippen molar-refractivity contribution in [2.45, 2.75) is 13.1 Å². The van der Waals surface area contributed by atoms with Crippen LogP contribution in [0.15, 0.2) is 47.8 Å². The van der Waals surface area contributed by atoms with Crippen molar-refractivity contribution in [1.82, 2.24) is 19.7 Å². The minimum Gasteiger partial charge on any atom is -0.394 e. The molecule has 0 fully saturated rings. The van der Waals surface area contributed by atoms with Crippen molar-refractivity contribution >= 4 is 35.3 Å². The number of anilines is 3. The maximum atomic E-state index is 8.95. The average molecular weight is 386 g/mol. The van der Waals surface area contributed by atoms with Crippen molar-refractivity contribution in [2.24, 2.45) is 4.99 Å². The molecule has 0 unspecified atom stereocenters. The molecule has 140 valence electrons. The summed E-state index contributed by atoms with van der Waals surface area (Å²) >= 11 is 6.21. The fourth-order valence-corrected chi connectivity index (χ4v) is 2.61. The zero-order chi connectivity index (χ0) is 19.1. The van der Waals surface area contributed by atoms with E-state index >= 15 is 0 Å². The van der Waals surface area contributed by atoms with Crippen molar-refractivity contribution < 1.29 is 5.11 Å². The van der Waals surface area contributed by atoms with Crippen LogP contribution < -0.4 is 10.6 Å². The Morgan fingerprint density at radius 1 is 1.33 bits per heavy atom. The zero-order valence-electron chi connectivity index (χ0n) is 14.8. The lowest BCUT2D eigenvalue weighted by molar-refractivity contribution is 0.269. The summed E-state index contributed by atoms with van der Waals surface area (Å²) in [6.45, 7) is 1.02. The van der Waals surface area contributed by atoms with E-state index in [9.17, 15) is 0 Å². The second-order valence-corrected chi connectivity index (χ2v) is 6.12. The number of aliphatic imine (C=N–C) groups is 1. The molecule has 3 rings (SSSR count). The molecule has 2 heterocycles. The van der Waals surface area contributed by atoms with Gasteiger partial charge in [0.1, 0.15) is 5.02 Å². The van der Waals surface area contributed by atoms with Gasteiger partial charge >= 0.3 is 0 Å². The van der Waals surface area contributed by atoms with Crippen LogP contribution in [0.5, 0.6) is 0 Å². The van der Waals surface area contributed by atoms with Crippen LogP contribution >= 0.6 is 11.6 Å². The Morgan fingerprint density at radius 3 is 3.04 bits per heavy atom. The summed E-state index contributed by atoms with van der Waals surface area (Å²) in [5.74, 6) is 0.934. The predicted octanol–water partition coefficient (Wildman–Crippen LogP) is 2.72. The standard InChI is InChI=1S/C18H20ClN7O/c1-20-8-13-3-2-4-14(7-13)9-21-17-16(19)11-22-18(25-17)24-15-10-23-26(12-15)5-6-27/h2-4,7-8,10-12,27H,5-6,9H2,1H3,(H2,21,22,24,25)/b20-8-. The maximum Gasteiger partial charge on any atom is 0.229 e. The monoisotopic (exact) mass is 385 g/mol. The number of hydrogen-bond donors (Lipinski definition) is 3. The fourth-order valence-electron chi connectivity index (χ4n) is 2.45. The number of halogens is 1. The highest BCUT2D eigenvalue weighted by atomic mass is 35.5. The Bertz CT molecular complexity index is 926. The number of aliphatic hydroxyl groups is 1. The van der Waals surface area contributed by atoms with E-state index in [4.69, 9.17) is 16.7 Å². The highest BCUT2D eigenvalue weighted by Crippen LogP contribution is 2.22. The molecule has 0 amide bonds. The van der Waals surface area contributed by atoms with Crippen LogP contribution in [0.1, 0.15) is 11.1 Å². The molecule has 1 aromatic carbocycles. The summed E-state index contributed by atoms with van der Waals surface area (Å²) in [7, 11) is 1.74. The molecular formula is C18H20ClN7O. The largest absolute Gasteiger partial charge is 0.394 e. The van der Waals surface area contributed by atoms with Crippen molar-refractivity contribution in [1.29, 1.82) is 0 Å². The molecule has 0 atom stereocenters. The van der Waals surface area contributed by atoms with Crippen LogP contribution in [0, 0.1) is 0 Å². The molecule has 8 nitrogen and oxygen atoms in total. The van der Waals surface area contributed by atoms with Gasteiger partial charge in [-0.2, -0.15) is 10.1 Å². The van der Waals surface area contributed by atoms with Gasteiger partial charge in [-0.05, 0) is 17.2 Å². The number of benzene rings is 1. The van der Waals surface area contributed by atoms with Gasteiger partial charge in [-0.25, -0.2) is 4.98 Å². The highest BCUT2D eigenvalue weighted by Gasteiger charge is 2.07. The highest BCUT2D eigenvalue weighted by molar-refractivity contribution is 6.32. The van der Waals surface area contributed by atoms with Crippen molar-refractivity contribution in [3.8, 4) is 0 Å². The first kappa shape index (κ1) is 18.8. The van der Waals surface area contributed by atoms with Crippen molar-refractivity contribution in [3.05, 3.63) is 59.0 Å². The molecule has 2 aromatic heterocycles. The van der Waals surface area contributed by atoms with Crippen LogP contribution in [0.25, 0.3) is 0 Å². The normalized spacial score (nSPS) is 11.1. The molecule has 0 bridgehead atoms. The summed E-state index contributed by atoms with van der Waals surface area (Å²) in [4.78, 5) is 12.6. The summed E-state index contributed by atoms with van der Waals surface area (Å²) in [5.41, 5.74) is 2.85. The lowest BCUT2D eigenvalue weighted by Gasteiger charge is -2.10. The van der Waals surface area contributed by atoms with E-state index in [1.807, 2.05) is 24.3 Å². The number of nitrogens with one attached hydrogen (secondary N) is 2. The van der Waals surface area contributed by atoms with E-state index in [2.05, 4.69) is 30.7 Å². The molecule has 0 spiro atoms.